The largest absolute Gasteiger partial charge is 0.134 e. The van der Waals surface area contributed by atoms with E-state index in [1.807, 2.05) is 13.8 Å². The zero-order valence-corrected chi connectivity index (χ0v) is 11.6. The maximum atomic E-state index is 5.59. The van der Waals surface area contributed by atoms with Crippen LogP contribution in [0.1, 0.15) is 13.8 Å². The summed E-state index contributed by atoms with van der Waals surface area (Å²) in [5.74, 6) is 2.95. The molecule has 2 atom stereocenters. The average molecular weight is 238 g/mol. The molecule has 0 spiro atoms. The van der Waals surface area contributed by atoms with Crippen molar-refractivity contribution in [2.45, 2.75) is 13.8 Å². The summed E-state index contributed by atoms with van der Waals surface area (Å²) in [5.41, 5.74) is 1.20. The maximum absolute atomic E-state index is 5.59. The molecule has 0 radical (unpaired) electrons. The Balaban J connectivity index is 4.96. The molecule has 15 heavy (non-hydrogen) atoms. The second kappa shape index (κ2) is 8.84. The van der Waals surface area contributed by atoms with Crippen molar-refractivity contribution < 1.29 is 0 Å². The molecule has 0 aliphatic heterocycles. The van der Waals surface area contributed by atoms with Crippen LogP contribution in [0.5, 0.6) is 0 Å². The highest BCUT2D eigenvalue weighted by atomic mass is 32.2. The van der Waals surface area contributed by atoms with Crippen molar-refractivity contribution in [1.82, 2.24) is 0 Å². The van der Waals surface area contributed by atoms with E-state index in [1.54, 1.807) is 11.8 Å². The number of allylic oxidation sites excluding steroid dienone is 6. The van der Waals surface area contributed by atoms with Crippen molar-refractivity contribution in [2.75, 3.05) is 12.4 Å². The predicted molar refractivity (Wildman–Crippen MR) is 77.1 cm³/mol. The SMILES string of the molecule is C#CC(C(/C=C\CP)=C/C)/C(=C\C)SC. The molecule has 0 aliphatic rings. The summed E-state index contributed by atoms with van der Waals surface area (Å²) in [6.07, 6.45) is 17.0. The van der Waals surface area contributed by atoms with Crippen LogP contribution in [0.15, 0.2) is 34.8 Å². The van der Waals surface area contributed by atoms with Gasteiger partial charge in [-0.2, -0.15) is 0 Å². The van der Waals surface area contributed by atoms with Crippen molar-refractivity contribution in [3.05, 3.63) is 34.8 Å². The molecule has 0 bridgehead atoms. The molecule has 82 valence electrons. The van der Waals surface area contributed by atoms with Gasteiger partial charge >= 0.3 is 0 Å². The van der Waals surface area contributed by atoms with Crippen molar-refractivity contribution in [2.24, 2.45) is 5.92 Å². The number of terminal acetylenes is 1. The highest BCUT2D eigenvalue weighted by molar-refractivity contribution is 8.02. The van der Waals surface area contributed by atoms with Gasteiger partial charge in [0, 0.05) is 0 Å². The summed E-state index contributed by atoms with van der Waals surface area (Å²) in [6.45, 7) is 4.06. The summed E-state index contributed by atoms with van der Waals surface area (Å²) in [7, 11) is 2.68. The summed E-state index contributed by atoms with van der Waals surface area (Å²) >= 11 is 1.72. The Morgan fingerprint density at radius 1 is 1.47 bits per heavy atom. The lowest BCUT2D eigenvalue weighted by Crippen LogP contribution is -2.01. The third-order valence-electron chi connectivity index (χ3n) is 2.08. The highest BCUT2D eigenvalue weighted by Gasteiger charge is 2.12. The van der Waals surface area contributed by atoms with E-state index in [0.717, 1.165) is 6.16 Å². The highest BCUT2D eigenvalue weighted by Crippen LogP contribution is 2.28. The van der Waals surface area contributed by atoms with Crippen LogP contribution in [0.3, 0.4) is 0 Å². The first-order chi connectivity index (χ1) is 7.24. The minimum absolute atomic E-state index is 0.0998. The Bertz CT molecular complexity index is 305. The lowest BCUT2D eigenvalue weighted by atomic mass is 9.98. The van der Waals surface area contributed by atoms with E-state index in [9.17, 15) is 0 Å². The normalized spacial score (nSPS) is 15.4. The molecule has 0 aromatic carbocycles. The first-order valence-corrected chi connectivity index (χ1v) is 6.98. The molecule has 0 fully saturated rings. The monoisotopic (exact) mass is 238 g/mol. The second-order valence-corrected chi connectivity index (χ2v) is 4.27. The van der Waals surface area contributed by atoms with Crippen LogP contribution in [0, 0.1) is 18.3 Å². The van der Waals surface area contributed by atoms with Crippen LogP contribution in [-0.4, -0.2) is 12.4 Å². The summed E-state index contributed by atoms with van der Waals surface area (Å²) < 4.78 is 0. The van der Waals surface area contributed by atoms with Gasteiger partial charge in [0.15, 0.2) is 0 Å². The van der Waals surface area contributed by atoms with Gasteiger partial charge in [-0.05, 0) is 36.7 Å². The third kappa shape index (κ3) is 4.74. The molecule has 0 rings (SSSR count). The number of hydrogen-bond donors (Lipinski definition) is 0. The van der Waals surface area contributed by atoms with Crippen molar-refractivity contribution in [1.29, 1.82) is 0 Å². The van der Waals surface area contributed by atoms with E-state index >= 15 is 0 Å². The van der Waals surface area contributed by atoms with Gasteiger partial charge in [0.1, 0.15) is 0 Å². The zero-order valence-electron chi connectivity index (χ0n) is 9.66. The fourth-order valence-electron chi connectivity index (χ4n) is 1.31. The number of hydrogen-bond acceptors (Lipinski definition) is 1. The van der Waals surface area contributed by atoms with Crippen LogP contribution < -0.4 is 0 Å². The second-order valence-electron chi connectivity index (χ2n) is 2.92. The van der Waals surface area contributed by atoms with Gasteiger partial charge in [0.2, 0.25) is 0 Å². The van der Waals surface area contributed by atoms with Crippen LogP contribution in [0.25, 0.3) is 0 Å². The zero-order chi connectivity index (χ0) is 11.7. The van der Waals surface area contributed by atoms with Crippen LogP contribution >= 0.6 is 21.0 Å². The molecule has 0 aromatic rings. The van der Waals surface area contributed by atoms with Gasteiger partial charge in [0.25, 0.3) is 0 Å². The Kier molecular flexibility index (Phi) is 8.58. The fraction of sp³-hybridized carbons (Fsp3) is 0.385. The molecule has 0 amide bonds. The Hall–Kier alpha value is -0.440. The minimum atomic E-state index is 0.0998. The Morgan fingerprint density at radius 2 is 2.13 bits per heavy atom. The van der Waals surface area contributed by atoms with E-state index in [4.69, 9.17) is 6.42 Å². The fourth-order valence-corrected chi connectivity index (χ4v) is 2.12. The molecule has 2 unspecified atom stereocenters. The van der Waals surface area contributed by atoms with Crippen molar-refractivity contribution >= 4 is 21.0 Å². The van der Waals surface area contributed by atoms with Gasteiger partial charge < -0.3 is 0 Å². The molecule has 0 aliphatic carbocycles. The van der Waals surface area contributed by atoms with Gasteiger partial charge in [-0.25, -0.2) is 0 Å². The first kappa shape index (κ1) is 14.6. The smallest absolute Gasteiger partial charge is 0.0751 e. The molecular weight excluding hydrogens is 219 g/mol. The van der Waals surface area contributed by atoms with Crippen molar-refractivity contribution in [3.8, 4) is 12.3 Å². The summed E-state index contributed by atoms with van der Waals surface area (Å²) in [6, 6.07) is 0. The molecule has 0 saturated carbocycles. The van der Waals surface area contributed by atoms with Gasteiger partial charge in [-0.3, -0.25) is 0 Å². The van der Waals surface area contributed by atoms with E-state index in [2.05, 4.69) is 45.7 Å². The lowest BCUT2D eigenvalue weighted by molar-refractivity contribution is 1.02. The van der Waals surface area contributed by atoms with E-state index in [1.165, 1.54) is 10.5 Å². The standard InChI is InChI=1S/C13H19PS/c1-5-11(9-8-10-14)12(6-2)13(7-3)15-4/h2,5,7-9,12H,10,14H2,1,3-4H3/b9-8-,11-5+,13-7+. The Labute approximate surface area is 101 Å². The quantitative estimate of drug-likeness (QED) is 0.398. The van der Waals surface area contributed by atoms with Crippen molar-refractivity contribution in [3.63, 3.8) is 0 Å². The van der Waals surface area contributed by atoms with Crippen LogP contribution in [-0.2, 0) is 0 Å². The molecular formula is C13H19PS. The Morgan fingerprint density at radius 3 is 2.47 bits per heavy atom. The first-order valence-electron chi connectivity index (χ1n) is 4.94. The molecule has 0 N–H and O–H groups in total. The van der Waals surface area contributed by atoms with Crippen LogP contribution in [0.2, 0.25) is 0 Å². The number of thioether (sulfide) groups is 1. The minimum Gasteiger partial charge on any atom is -0.134 e. The average Bonchev–Trinajstić information content (AvgIpc) is 2.28. The van der Waals surface area contributed by atoms with Gasteiger partial charge in [-0.15, -0.1) is 27.4 Å². The number of rotatable bonds is 5. The van der Waals surface area contributed by atoms with Crippen LogP contribution in [0.4, 0.5) is 0 Å². The third-order valence-corrected chi connectivity index (χ3v) is 3.30. The lowest BCUT2D eigenvalue weighted by Gasteiger charge is -2.14. The van der Waals surface area contributed by atoms with E-state index < -0.39 is 0 Å². The molecule has 2 heteroatoms. The van der Waals surface area contributed by atoms with Gasteiger partial charge in [0.05, 0.1) is 5.92 Å². The molecule has 0 saturated heterocycles. The van der Waals surface area contributed by atoms with E-state index in [0.29, 0.717) is 0 Å². The topological polar surface area (TPSA) is 0 Å². The molecule has 0 aromatic heterocycles. The van der Waals surface area contributed by atoms with Gasteiger partial charge in [-0.1, -0.05) is 30.2 Å². The summed E-state index contributed by atoms with van der Waals surface area (Å²) in [5, 5.41) is 0. The predicted octanol–water partition coefficient (Wildman–Crippen LogP) is 3.88. The molecule has 0 nitrogen and oxygen atoms in total. The van der Waals surface area contributed by atoms with E-state index in [-0.39, 0.29) is 5.92 Å². The molecule has 0 heterocycles. The maximum Gasteiger partial charge on any atom is 0.0751 e. The summed E-state index contributed by atoms with van der Waals surface area (Å²) in [4.78, 5) is 1.24.